The van der Waals surface area contributed by atoms with Gasteiger partial charge in [-0.05, 0) is 24.3 Å². The number of hydrogen-bond acceptors (Lipinski definition) is 2. The van der Waals surface area contributed by atoms with E-state index in [-0.39, 0.29) is 0 Å². The highest BCUT2D eigenvalue weighted by molar-refractivity contribution is 9.10. The van der Waals surface area contributed by atoms with Crippen molar-refractivity contribution < 1.29 is 13.3 Å². The Kier molecular flexibility index (Phi) is 3.03. The van der Waals surface area contributed by atoms with E-state index in [0.29, 0.717) is 4.90 Å². The van der Waals surface area contributed by atoms with Crippen LogP contribution >= 0.6 is 15.9 Å². The lowest BCUT2D eigenvalue weighted by atomic mass is 10.2. The van der Waals surface area contributed by atoms with Gasteiger partial charge in [-0.15, -0.1) is 4.31 Å². The molecule has 1 fully saturated rings. The first-order chi connectivity index (χ1) is 6.98. The average Bonchev–Trinajstić information content (AvgIpc) is 2.14. The molecule has 82 valence electrons. The van der Waals surface area contributed by atoms with Gasteiger partial charge in [0, 0.05) is 4.47 Å². The summed E-state index contributed by atoms with van der Waals surface area (Å²) in [7, 11) is 0. The van der Waals surface area contributed by atoms with Crippen molar-refractivity contribution >= 4 is 27.3 Å². The maximum absolute atomic E-state index is 12.5. The Morgan fingerprint density at radius 3 is 2.27 bits per heavy atom. The monoisotopic (exact) mass is 295 g/mol. The van der Waals surface area contributed by atoms with Crippen LogP contribution in [0.25, 0.3) is 0 Å². The van der Waals surface area contributed by atoms with Crippen LogP contribution in [0.4, 0.5) is 8.78 Å². The lowest BCUT2D eigenvalue weighted by Crippen LogP contribution is -2.58. The number of halogens is 3. The van der Waals surface area contributed by atoms with Crippen molar-refractivity contribution in [3.8, 4) is 0 Å². The second-order valence-electron chi connectivity index (χ2n) is 3.36. The minimum absolute atomic E-state index is 0.421. The van der Waals surface area contributed by atoms with Crippen LogP contribution in [0.5, 0.6) is 0 Å². The molecule has 0 saturated carbocycles. The fourth-order valence-corrected chi connectivity index (χ4v) is 2.83. The first-order valence-corrected chi connectivity index (χ1v) is 6.18. The predicted octanol–water partition coefficient (Wildman–Crippen LogP) is 2.42. The quantitative estimate of drug-likeness (QED) is 0.784. The van der Waals surface area contributed by atoms with Crippen LogP contribution in [0.3, 0.4) is 0 Å². The Balaban J connectivity index is 2.03. The topological polar surface area (TPSA) is 26.3 Å². The molecular weight excluding hydrogens is 288 g/mol. The first kappa shape index (κ1) is 11.3. The van der Waals surface area contributed by atoms with E-state index in [9.17, 15) is 13.3 Å². The third kappa shape index (κ3) is 2.50. The molecule has 1 heterocycles. The van der Waals surface area contributed by atoms with E-state index >= 15 is 0 Å². The summed E-state index contributed by atoms with van der Waals surface area (Å²) in [5, 5.41) is 0. The largest absolute Gasteiger partial charge is 0.593 e. The van der Waals surface area contributed by atoms with E-state index in [0.717, 1.165) is 4.47 Å². The predicted molar refractivity (Wildman–Crippen MR) is 57.1 cm³/mol. The van der Waals surface area contributed by atoms with Crippen molar-refractivity contribution in [3.05, 3.63) is 28.7 Å². The number of alkyl halides is 2. The molecule has 0 bridgehead atoms. The standard InChI is InChI=1S/C9H8BrF2NOS/c10-7-1-3-8(4-2-7)15(14)13-5-9(11,12)6-13/h1-4H,5-6H2. The van der Waals surface area contributed by atoms with Crippen molar-refractivity contribution in [3.63, 3.8) is 0 Å². The minimum Gasteiger partial charge on any atom is -0.593 e. The summed E-state index contributed by atoms with van der Waals surface area (Å²) >= 11 is 1.78. The average molecular weight is 296 g/mol. The van der Waals surface area contributed by atoms with Gasteiger partial charge in [0.15, 0.2) is 4.90 Å². The molecule has 1 atom stereocenters. The third-order valence-corrected chi connectivity index (χ3v) is 4.00. The highest BCUT2D eigenvalue weighted by Crippen LogP contribution is 2.32. The van der Waals surface area contributed by atoms with Gasteiger partial charge in [-0.1, -0.05) is 15.9 Å². The zero-order valence-electron chi connectivity index (χ0n) is 7.62. The molecule has 0 N–H and O–H groups in total. The van der Waals surface area contributed by atoms with Crippen molar-refractivity contribution in [1.29, 1.82) is 0 Å². The molecule has 1 unspecified atom stereocenters. The van der Waals surface area contributed by atoms with Gasteiger partial charge in [0.1, 0.15) is 13.1 Å². The maximum atomic E-state index is 12.5. The number of benzene rings is 1. The summed E-state index contributed by atoms with van der Waals surface area (Å²) in [4.78, 5) is 0.550. The van der Waals surface area contributed by atoms with Crippen LogP contribution in [0.15, 0.2) is 33.6 Å². The molecule has 2 rings (SSSR count). The summed E-state index contributed by atoms with van der Waals surface area (Å²) in [6.45, 7) is -0.842. The summed E-state index contributed by atoms with van der Waals surface area (Å²) < 4.78 is 38.9. The summed E-state index contributed by atoms with van der Waals surface area (Å²) in [6.07, 6.45) is 0. The Bertz CT molecular complexity index is 352. The van der Waals surface area contributed by atoms with Crippen molar-refractivity contribution in [2.45, 2.75) is 10.8 Å². The SMILES string of the molecule is [O-][S+](c1ccc(Br)cc1)N1CC(F)(F)C1. The summed E-state index contributed by atoms with van der Waals surface area (Å²) in [5.41, 5.74) is 0. The van der Waals surface area contributed by atoms with Crippen LogP contribution in [0.2, 0.25) is 0 Å². The zero-order chi connectivity index (χ0) is 11.1. The molecule has 6 heteroatoms. The van der Waals surface area contributed by atoms with E-state index in [1.807, 2.05) is 0 Å². The highest BCUT2D eigenvalue weighted by Gasteiger charge is 2.50. The van der Waals surface area contributed by atoms with Crippen molar-refractivity contribution in [2.24, 2.45) is 0 Å². The van der Waals surface area contributed by atoms with Gasteiger partial charge >= 0.3 is 0 Å². The molecule has 1 aromatic rings. The molecule has 0 amide bonds. The number of nitrogens with zero attached hydrogens (tertiary/aromatic N) is 1. The smallest absolute Gasteiger partial charge is 0.281 e. The van der Waals surface area contributed by atoms with E-state index in [4.69, 9.17) is 0 Å². The summed E-state index contributed by atoms with van der Waals surface area (Å²) in [5.74, 6) is -2.68. The van der Waals surface area contributed by atoms with Gasteiger partial charge in [0.05, 0.1) is 11.4 Å². The summed E-state index contributed by atoms with van der Waals surface area (Å²) in [6, 6.07) is 6.81. The number of rotatable bonds is 2. The molecule has 2 nitrogen and oxygen atoms in total. The Labute approximate surface area is 97.7 Å². The minimum atomic E-state index is -2.68. The fraction of sp³-hybridized carbons (Fsp3) is 0.333. The Hall–Kier alpha value is -0.170. The zero-order valence-corrected chi connectivity index (χ0v) is 10.0. The lowest BCUT2D eigenvalue weighted by Gasteiger charge is -2.37. The second kappa shape index (κ2) is 4.01. The van der Waals surface area contributed by atoms with E-state index in [1.54, 1.807) is 24.3 Å². The molecule has 1 aliphatic heterocycles. The van der Waals surface area contributed by atoms with Gasteiger partial charge in [-0.25, -0.2) is 8.78 Å². The third-order valence-electron chi connectivity index (χ3n) is 2.07. The highest BCUT2D eigenvalue weighted by atomic mass is 79.9. The number of hydrogen-bond donors (Lipinski definition) is 0. The molecular formula is C9H8BrF2NOS. The Morgan fingerprint density at radius 1 is 1.27 bits per heavy atom. The lowest BCUT2D eigenvalue weighted by molar-refractivity contribution is -0.0944. The molecule has 0 aromatic heterocycles. The normalized spacial score (nSPS) is 22.1. The molecule has 1 aliphatic rings. The van der Waals surface area contributed by atoms with Crippen molar-refractivity contribution in [2.75, 3.05) is 13.1 Å². The molecule has 0 radical (unpaired) electrons. The van der Waals surface area contributed by atoms with Gasteiger partial charge in [-0.3, -0.25) is 0 Å². The van der Waals surface area contributed by atoms with Gasteiger partial charge < -0.3 is 4.55 Å². The van der Waals surface area contributed by atoms with Crippen LogP contribution in [0.1, 0.15) is 0 Å². The van der Waals surface area contributed by atoms with E-state index < -0.39 is 30.4 Å². The van der Waals surface area contributed by atoms with Crippen LogP contribution < -0.4 is 0 Å². The molecule has 0 spiro atoms. The van der Waals surface area contributed by atoms with Crippen molar-refractivity contribution in [1.82, 2.24) is 4.31 Å². The van der Waals surface area contributed by atoms with Gasteiger partial charge in [0.25, 0.3) is 5.92 Å². The maximum Gasteiger partial charge on any atom is 0.281 e. The van der Waals surface area contributed by atoms with E-state index in [1.165, 1.54) is 4.31 Å². The molecule has 0 aliphatic carbocycles. The molecule has 15 heavy (non-hydrogen) atoms. The second-order valence-corrected chi connectivity index (χ2v) is 5.76. The van der Waals surface area contributed by atoms with Crippen LogP contribution in [0, 0.1) is 0 Å². The fourth-order valence-electron chi connectivity index (χ4n) is 1.29. The Morgan fingerprint density at radius 2 is 1.80 bits per heavy atom. The molecule has 1 aromatic carbocycles. The van der Waals surface area contributed by atoms with Gasteiger partial charge in [0.2, 0.25) is 0 Å². The molecule has 1 saturated heterocycles. The van der Waals surface area contributed by atoms with Crippen LogP contribution in [-0.4, -0.2) is 27.9 Å². The van der Waals surface area contributed by atoms with Gasteiger partial charge in [-0.2, -0.15) is 0 Å². The first-order valence-electron chi connectivity index (χ1n) is 4.28. The van der Waals surface area contributed by atoms with Crippen LogP contribution in [-0.2, 0) is 11.4 Å². The van der Waals surface area contributed by atoms with E-state index in [2.05, 4.69) is 15.9 Å².